The topological polar surface area (TPSA) is 27.7 Å². The maximum absolute atomic E-state index is 6.11. The van der Waals surface area contributed by atoms with E-state index in [4.69, 9.17) is 14.2 Å². The second kappa shape index (κ2) is 7.20. The molecule has 0 aromatic heterocycles. The summed E-state index contributed by atoms with van der Waals surface area (Å²) in [5.74, 6) is 2.62. The van der Waals surface area contributed by atoms with Gasteiger partial charge in [0.2, 0.25) is 0 Å². The van der Waals surface area contributed by atoms with Crippen molar-refractivity contribution in [2.45, 2.75) is 6.92 Å². The predicted molar refractivity (Wildman–Crippen MR) is 109 cm³/mol. The molecule has 0 bridgehead atoms. The highest BCUT2D eigenvalue weighted by atomic mass is 16.5. The summed E-state index contributed by atoms with van der Waals surface area (Å²) in [6.07, 6.45) is 0. The highest BCUT2D eigenvalue weighted by molar-refractivity contribution is 6.01. The van der Waals surface area contributed by atoms with Gasteiger partial charge < -0.3 is 14.2 Å². The van der Waals surface area contributed by atoms with Crippen LogP contribution in [0.3, 0.4) is 0 Å². The Morgan fingerprint density at radius 3 is 1.93 bits per heavy atom. The van der Waals surface area contributed by atoms with Crippen LogP contribution in [-0.4, -0.2) is 20.8 Å². The Morgan fingerprint density at radius 1 is 0.741 bits per heavy atom. The van der Waals surface area contributed by atoms with Gasteiger partial charge in [0.1, 0.15) is 23.9 Å². The normalized spacial score (nSPS) is 13.0. The predicted octanol–water partition coefficient (Wildman–Crippen LogP) is 5.36. The van der Waals surface area contributed by atoms with Gasteiger partial charge in [-0.3, -0.25) is 0 Å². The van der Waals surface area contributed by atoms with Crippen LogP contribution in [0, 0.1) is 6.92 Å². The summed E-state index contributed by atoms with van der Waals surface area (Å²) < 4.78 is 16.7. The van der Waals surface area contributed by atoms with Crippen LogP contribution in [0.1, 0.15) is 22.3 Å². The van der Waals surface area contributed by atoms with Crippen LogP contribution in [0.5, 0.6) is 17.2 Å². The molecule has 0 unspecified atom stereocenters. The van der Waals surface area contributed by atoms with E-state index >= 15 is 0 Å². The van der Waals surface area contributed by atoms with E-state index in [2.05, 4.69) is 49.4 Å². The van der Waals surface area contributed by atoms with Gasteiger partial charge in [0.05, 0.1) is 14.2 Å². The van der Waals surface area contributed by atoms with E-state index in [1.165, 1.54) is 16.7 Å². The lowest BCUT2D eigenvalue weighted by atomic mass is 9.87. The first-order chi connectivity index (χ1) is 13.2. The molecule has 0 atom stereocenters. The lowest BCUT2D eigenvalue weighted by Gasteiger charge is -2.25. The fourth-order valence-electron chi connectivity index (χ4n) is 3.45. The summed E-state index contributed by atoms with van der Waals surface area (Å²) >= 11 is 0. The molecule has 0 N–H and O–H groups in total. The number of fused-ring (bicyclic) bond motifs is 1. The Balaban J connectivity index is 1.91. The van der Waals surface area contributed by atoms with Crippen molar-refractivity contribution >= 4 is 11.1 Å². The molecule has 1 heterocycles. The summed E-state index contributed by atoms with van der Waals surface area (Å²) in [4.78, 5) is 0. The Morgan fingerprint density at radius 2 is 1.33 bits per heavy atom. The van der Waals surface area contributed by atoms with E-state index in [0.717, 1.165) is 33.9 Å². The maximum Gasteiger partial charge on any atom is 0.127 e. The molecule has 0 radical (unpaired) electrons. The maximum atomic E-state index is 6.11. The largest absolute Gasteiger partial charge is 0.497 e. The molecule has 0 aliphatic carbocycles. The Hall–Kier alpha value is -3.20. The first kappa shape index (κ1) is 17.2. The second-order valence-electron chi connectivity index (χ2n) is 6.60. The number of hydrogen-bond donors (Lipinski definition) is 0. The summed E-state index contributed by atoms with van der Waals surface area (Å²) in [5, 5.41) is 0. The van der Waals surface area contributed by atoms with Crippen molar-refractivity contribution in [3.05, 3.63) is 89.0 Å². The Labute approximate surface area is 159 Å². The van der Waals surface area contributed by atoms with Crippen LogP contribution in [-0.2, 0) is 0 Å². The quantitative estimate of drug-likeness (QED) is 0.628. The smallest absolute Gasteiger partial charge is 0.127 e. The molecule has 27 heavy (non-hydrogen) atoms. The molecule has 0 saturated heterocycles. The minimum Gasteiger partial charge on any atom is -0.497 e. The minimum atomic E-state index is 0.532. The van der Waals surface area contributed by atoms with E-state index in [9.17, 15) is 0 Å². The van der Waals surface area contributed by atoms with Crippen LogP contribution in [0.4, 0.5) is 0 Å². The number of hydrogen-bond acceptors (Lipinski definition) is 3. The Kier molecular flexibility index (Phi) is 4.59. The first-order valence-electron chi connectivity index (χ1n) is 8.95. The molecule has 4 rings (SSSR count). The third kappa shape index (κ3) is 3.28. The third-order valence-electron chi connectivity index (χ3n) is 4.90. The highest BCUT2D eigenvalue weighted by Crippen LogP contribution is 2.41. The van der Waals surface area contributed by atoms with Gasteiger partial charge in [0.15, 0.2) is 0 Å². The lowest BCUT2D eigenvalue weighted by Crippen LogP contribution is -2.12. The molecule has 0 amide bonds. The molecule has 3 nitrogen and oxygen atoms in total. The zero-order valence-electron chi connectivity index (χ0n) is 15.8. The molecule has 1 aliphatic rings. The zero-order chi connectivity index (χ0) is 18.8. The fraction of sp³-hybridized carbons (Fsp3) is 0.167. The fourth-order valence-corrected chi connectivity index (χ4v) is 3.45. The monoisotopic (exact) mass is 358 g/mol. The van der Waals surface area contributed by atoms with Gasteiger partial charge in [-0.2, -0.15) is 0 Å². The van der Waals surface area contributed by atoms with Gasteiger partial charge >= 0.3 is 0 Å². The number of aryl methyl sites for hydroxylation is 1. The van der Waals surface area contributed by atoms with E-state index in [-0.39, 0.29) is 0 Å². The average Bonchev–Trinajstić information content (AvgIpc) is 2.73. The van der Waals surface area contributed by atoms with Gasteiger partial charge in [-0.25, -0.2) is 0 Å². The lowest BCUT2D eigenvalue weighted by molar-refractivity contribution is 0.364. The molecular formula is C24H22O3. The van der Waals surface area contributed by atoms with E-state index in [1.54, 1.807) is 14.2 Å². The van der Waals surface area contributed by atoms with Crippen LogP contribution in [0.25, 0.3) is 11.1 Å². The molecule has 136 valence electrons. The van der Waals surface area contributed by atoms with Gasteiger partial charge in [-0.15, -0.1) is 0 Å². The van der Waals surface area contributed by atoms with Crippen molar-refractivity contribution in [3.63, 3.8) is 0 Å². The highest BCUT2D eigenvalue weighted by Gasteiger charge is 2.23. The summed E-state index contributed by atoms with van der Waals surface area (Å²) in [6.45, 7) is 2.61. The van der Waals surface area contributed by atoms with Crippen molar-refractivity contribution in [1.29, 1.82) is 0 Å². The number of methoxy groups -OCH3 is 2. The molecule has 3 aromatic carbocycles. The molecule has 3 aromatic rings. The standard InChI is InChI=1S/C24H22O3/c1-16-4-13-21-23(14-16)27-15-22(17-5-9-19(25-2)10-6-17)24(21)18-7-11-20(26-3)12-8-18/h4-14H,15H2,1-3H3. The van der Waals surface area contributed by atoms with E-state index < -0.39 is 0 Å². The minimum absolute atomic E-state index is 0.532. The van der Waals surface area contributed by atoms with Gasteiger partial charge in [0, 0.05) is 11.1 Å². The van der Waals surface area contributed by atoms with Crippen molar-refractivity contribution in [2.75, 3.05) is 20.8 Å². The summed E-state index contributed by atoms with van der Waals surface area (Å²) in [5.41, 5.74) is 6.95. The van der Waals surface area contributed by atoms with Gasteiger partial charge in [0.25, 0.3) is 0 Å². The number of rotatable bonds is 4. The van der Waals surface area contributed by atoms with Gasteiger partial charge in [-0.05, 0) is 59.5 Å². The van der Waals surface area contributed by atoms with Crippen LogP contribution in [0.2, 0.25) is 0 Å². The zero-order valence-corrected chi connectivity index (χ0v) is 15.8. The molecule has 0 fully saturated rings. The van der Waals surface area contributed by atoms with Gasteiger partial charge in [-0.1, -0.05) is 36.4 Å². The van der Waals surface area contributed by atoms with Crippen molar-refractivity contribution in [3.8, 4) is 17.2 Å². The molecule has 0 saturated carbocycles. The summed E-state index contributed by atoms with van der Waals surface area (Å²) in [7, 11) is 3.36. The van der Waals surface area contributed by atoms with Crippen molar-refractivity contribution in [2.24, 2.45) is 0 Å². The molecular weight excluding hydrogens is 336 g/mol. The van der Waals surface area contributed by atoms with Crippen LogP contribution >= 0.6 is 0 Å². The first-order valence-corrected chi connectivity index (χ1v) is 8.95. The number of ether oxygens (including phenoxy) is 3. The molecule has 3 heteroatoms. The molecule has 0 spiro atoms. The summed E-state index contributed by atoms with van der Waals surface area (Å²) in [6, 6.07) is 22.7. The van der Waals surface area contributed by atoms with Crippen LogP contribution in [0.15, 0.2) is 66.7 Å². The van der Waals surface area contributed by atoms with E-state index in [0.29, 0.717) is 6.61 Å². The van der Waals surface area contributed by atoms with Crippen molar-refractivity contribution < 1.29 is 14.2 Å². The second-order valence-corrected chi connectivity index (χ2v) is 6.60. The molecule has 1 aliphatic heterocycles. The number of benzene rings is 3. The SMILES string of the molecule is COc1ccc(C2=C(c3ccc(OC)cc3)c3ccc(C)cc3OC2)cc1. The van der Waals surface area contributed by atoms with E-state index in [1.807, 2.05) is 24.3 Å². The average molecular weight is 358 g/mol. The Bertz CT molecular complexity index is 983. The van der Waals surface area contributed by atoms with Crippen molar-refractivity contribution in [1.82, 2.24) is 0 Å². The van der Waals surface area contributed by atoms with Crippen LogP contribution < -0.4 is 14.2 Å². The third-order valence-corrected chi connectivity index (χ3v) is 4.90.